The minimum atomic E-state index is -0.416. The Morgan fingerprint density at radius 2 is 1.95 bits per heavy atom. The lowest BCUT2D eigenvalue weighted by Gasteiger charge is -2.15. The Labute approximate surface area is 120 Å². The van der Waals surface area contributed by atoms with Crippen LogP contribution >= 0.6 is 0 Å². The van der Waals surface area contributed by atoms with E-state index in [1.165, 1.54) is 11.1 Å². The largest absolute Gasteiger partial charge is 0.338 e. The molecule has 0 saturated heterocycles. The summed E-state index contributed by atoms with van der Waals surface area (Å²) in [6.45, 7) is 5.62. The second-order valence-corrected chi connectivity index (χ2v) is 5.04. The van der Waals surface area contributed by atoms with Gasteiger partial charge in [-0.3, -0.25) is 10.1 Å². The van der Waals surface area contributed by atoms with Crippen LogP contribution in [0, 0.1) is 6.92 Å². The number of quaternary nitrogens is 1. The fraction of sp³-hybridized carbons (Fsp3) is 0.467. The first-order valence-corrected chi connectivity index (χ1v) is 6.96. The number of carbonyl (C=O) groups is 2. The van der Waals surface area contributed by atoms with Gasteiger partial charge in [-0.2, -0.15) is 0 Å². The second kappa shape index (κ2) is 8.32. The Morgan fingerprint density at radius 1 is 1.25 bits per heavy atom. The lowest BCUT2D eigenvalue weighted by molar-refractivity contribution is -0.885. The molecule has 0 aliphatic heterocycles. The molecular formula is C15H24N3O2+. The molecule has 20 heavy (non-hydrogen) atoms. The maximum atomic E-state index is 11.7. The Bertz CT molecular complexity index is 460. The van der Waals surface area contributed by atoms with Crippen molar-refractivity contribution in [2.24, 2.45) is 0 Å². The van der Waals surface area contributed by atoms with Crippen LogP contribution in [0.15, 0.2) is 24.3 Å². The number of carbonyl (C=O) groups excluding carboxylic acids is 2. The van der Waals surface area contributed by atoms with Crippen LogP contribution in [-0.2, 0) is 11.3 Å². The first-order valence-electron chi connectivity index (χ1n) is 6.96. The maximum Gasteiger partial charge on any atom is 0.321 e. The molecular weight excluding hydrogens is 254 g/mol. The highest BCUT2D eigenvalue weighted by Gasteiger charge is 2.13. The van der Waals surface area contributed by atoms with Crippen LogP contribution < -0.4 is 15.5 Å². The van der Waals surface area contributed by atoms with E-state index in [9.17, 15) is 9.59 Å². The molecule has 1 aromatic rings. The van der Waals surface area contributed by atoms with Gasteiger partial charge >= 0.3 is 6.03 Å². The van der Waals surface area contributed by atoms with Gasteiger partial charge in [0.05, 0.1) is 7.05 Å². The smallest absolute Gasteiger partial charge is 0.321 e. The molecule has 1 rings (SSSR count). The fourth-order valence-electron chi connectivity index (χ4n) is 1.92. The van der Waals surface area contributed by atoms with Crippen LogP contribution in [0.1, 0.15) is 24.5 Å². The van der Waals surface area contributed by atoms with Crippen molar-refractivity contribution in [1.29, 1.82) is 0 Å². The number of imide groups is 1. The number of benzene rings is 1. The molecule has 1 unspecified atom stereocenters. The molecule has 110 valence electrons. The molecule has 5 nitrogen and oxygen atoms in total. The highest BCUT2D eigenvalue weighted by Crippen LogP contribution is 2.04. The predicted octanol–water partition coefficient (Wildman–Crippen LogP) is 0.246. The Balaban J connectivity index is 2.38. The molecule has 0 bridgehead atoms. The molecule has 1 aromatic carbocycles. The summed E-state index contributed by atoms with van der Waals surface area (Å²) in [5.74, 6) is -0.260. The van der Waals surface area contributed by atoms with Crippen LogP contribution in [0.5, 0.6) is 0 Å². The number of nitrogens with one attached hydrogen (secondary N) is 3. The first-order chi connectivity index (χ1) is 9.52. The van der Waals surface area contributed by atoms with E-state index in [1.54, 1.807) is 0 Å². The standard InChI is InChI=1S/C15H23N3O2/c1-4-9-16-15(20)17-14(19)11-18(3)10-13-8-6-5-7-12(13)2/h5-8H,4,9-11H2,1-3H3,(H2,16,17,19,20)/p+1. The Kier molecular flexibility index (Phi) is 6.73. The summed E-state index contributed by atoms with van der Waals surface area (Å²) in [5.41, 5.74) is 2.43. The third-order valence-corrected chi connectivity index (χ3v) is 3.00. The van der Waals surface area contributed by atoms with Crippen LogP contribution in [0.2, 0.25) is 0 Å². The minimum Gasteiger partial charge on any atom is -0.338 e. The van der Waals surface area contributed by atoms with Gasteiger partial charge in [0.25, 0.3) is 5.91 Å². The topological polar surface area (TPSA) is 62.6 Å². The fourth-order valence-corrected chi connectivity index (χ4v) is 1.92. The third kappa shape index (κ3) is 5.84. The van der Waals surface area contributed by atoms with Crippen molar-refractivity contribution < 1.29 is 14.5 Å². The van der Waals surface area contributed by atoms with Gasteiger partial charge in [0, 0.05) is 12.1 Å². The van der Waals surface area contributed by atoms with E-state index in [0.717, 1.165) is 17.9 Å². The minimum absolute atomic E-state index is 0.260. The lowest BCUT2D eigenvalue weighted by atomic mass is 10.1. The summed E-state index contributed by atoms with van der Waals surface area (Å²) in [5, 5.41) is 4.95. The number of urea groups is 1. The van der Waals surface area contributed by atoms with Crippen molar-refractivity contribution in [3.05, 3.63) is 35.4 Å². The molecule has 1 atom stereocenters. The molecule has 0 radical (unpaired) electrons. The lowest BCUT2D eigenvalue weighted by Crippen LogP contribution is -3.09. The molecule has 3 N–H and O–H groups in total. The molecule has 0 aromatic heterocycles. The summed E-state index contributed by atoms with van der Waals surface area (Å²) >= 11 is 0. The van der Waals surface area contributed by atoms with E-state index in [1.807, 2.05) is 26.1 Å². The van der Waals surface area contributed by atoms with E-state index in [4.69, 9.17) is 0 Å². The van der Waals surface area contributed by atoms with Gasteiger partial charge in [0.15, 0.2) is 6.54 Å². The Hall–Kier alpha value is -1.88. The van der Waals surface area contributed by atoms with Gasteiger partial charge in [0.1, 0.15) is 6.54 Å². The molecule has 0 aliphatic carbocycles. The summed E-state index contributed by atoms with van der Waals surface area (Å²) < 4.78 is 0. The highest BCUT2D eigenvalue weighted by molar-refractivity contribution is 5.94. The predicted molar refractivity (Wildman–Crippen MR) is 78.5 cm³/mol. The normalized spacial score (nSPS) is 11.8. The first kappa shape index (κ1) is 16.2. The SMILES string of the molecule is CCCNC(=O)NC(=O)C[NH+](C)Cc1ccccc1C. The van der Waals surface area contributed by atoms with Gasteiger partial charge in [-0.05, 0) is 18.9 Å². The van der Waals surface area contributed by atoms with Gasteiger partial charge in [0.2, 0.25) is 0 Å². The molecule has 0 fully saturated rings. The van der Waals surface area contributed by atoms with Gasteiger partial charge in [-0.15, -0.1) is 0 Å². The van der Waals surface area contributed by atoms with E-state index >= 15 is 0 Å². The van der Waals surface area contributed by atoms with Crippen molar-refractivity contribution in [1.82, 2.24) is 10.6 Å². The molecule has 0 aliphatic rings. The van der Waals surface area contributed by atoms with E-state index < -0.39 is 6.03 Å². The zero-order valence-corrected chi connectivity index (χ0v) is 12.5. The molecule has 5 heteroatoms. The van der Waals surface area contributed by atoms with Crippen molar-refractivity contribution >= 4 is 11.9 Å². The number of hydrogen-bond donors (Lipinski definition) is 3. The highest BCUT2D eigenvalue weighted by atomic mass is 16.2. The van der Waals surface area contributed by atoms with Crippen LogP contribution in [0.4, 0.5) is 4.79 Å². The van der Waals surface area contributed by atoms with E-state index in [-0.39, 0.29) is 12.5 Å². The number of likely N-dealkylation sites (N-methyl/N-ethyl adjacent to an activating group) is 1. The van der Waals surface area contributed by atoms with Gasteiger partial charge < -0.3 is 10.2 Å². The van der Waals surface area contributed by atoms with Crippen LogP contribution in [0.3, 0.4) is 0 Å². The Morgan fingerprint density at radius 3 is 2.60 bits per heavy atom. The molecule has 0 heterocycles. The maximum absolute atomic E-state index is 11.7. The summed E-state index contributed by atoms with van der Waals surface area (Å²) in [6.07, 6.45) is 0.847. The van der Waals surface area contributed by atoms with E-state index in [2.05, 4.69) is 29.7 Å². The van der Waals surface area contributed by atoms with Gasteiger partial charge in [-0.25, -0.2) is 4.79 Å². The van der Waals surface area contributed by atoms with Crippen LogP contribution in [-0.4, -0.2) is 32.1 Å². The van der Waals surface area contributed by atoms with Crippen molar-refractivity contribution in [2.75, 3.05) is 20.1 Å². The van der Waals surface area contributed by atoms with Crippen molar-refractivity contribution in [3.63, 3.8) is 0 Å². The number of hydrogen-bond acceptors (Lipinski definition) is 2. The summed E-state index contributed by atoms with van der Waals surface area (Å²) in [4.78, 5) is 24.1. The van der Waals surface area contributed by atoms with Crippen LogP contribution in [0.25, 0.3) is 0 Å². The summed E-state index contributed by atoms with van der Waals surface area (Å²) in [7, 11) is 1.94. The number of aryl methyl sites for hydroxylation is 1. The number of amides is 3. The average Bonchev–Trinajstić information content (AvgIpc) is 2.38. The zero-order valence-electron chi connectivity index (χ0n) is 12.5. The molecule has 3 amide bonds. The van der Waals surface area contributed by atoms with Crippen molar-refractivity contribution in [2.45, 2.75) is 26.8 Å². The van der Waals surface area contributed by atoms with Gasteiger partial charge in [-0.1, -0.05) is 31.2 Å². The van der Waals surface area contributed by atoms with E-state index in [0.29, 0.717) is 6.54 Å². The monoisotopic (exact) mass is 278 g/mol. The molecule has 0 spiro atoms. The van der Waals surface area contributed by atoms with Crippen molar-refractivity contribution in [3.8, 4) is 0 Å². The summed E-state index contributed by atoms with van der Waals surface area (Å²) in [6, 6.07) is 7.69. The second-order valence-electron chi connectivity index (χ2n) is 5.04. The zero-order chi connectivity index (χ0) is 15.0. The molecule has 0 saturated carbocycles. The average molecular weight is 278 g/mol. The number of rotatable bonds is 6. The third-order valence-electron chi connectivity index (χ3n) is 3.00. The quantitative estimate of drug-likeness (QED) is 0.698.